The van der Waals surface area contributed by atoms with Crippen molar-refractivity contribution in [1.29, 1.82) is 0 Å². The standard InChI is InChI=1S/C12H19Cl3N2/c1-8(2)12(6-13,7-14)5-10-11(15)9(3)16-17(10)4/h8H,5-7H2,1-4H3. The van der Waals surface area contributed by atoms with Crippen molar-refractivity contribution < 1.29 is 0 Å². The van der Waals surface area contributed by atoms with E-state index in [4.69, 9.17) is 34.8 Å². The Morgan fingerprint density at radius 3 is 2.12 bits per heavy atom. The van der Waals surface area contributed by atoms with E-state index in [0.29, 0.717) is 17.7 Å². The lowest BCUT2D eigenvalue weighted by Crippen LogP contribution is -2.34. The fourth-order valence-corrected chi connectivity index (χ4v) is 3.17. The van der Waals surface area contributed by atoms with Crippen LogP contribution in [0.25, 0.3) is 0 Å². The second-order valence-electron chi connectivity index (χ2n) is 4.93. The van der Waals surface area contributed by atoms with Gasteiger partial charge in [-0.05, 0) is 19.3 Å². The van der Waals surface area contributed by atoms with E-state index in [2.05, 4.69) is 18.9 Å². The predicted octanol–water partition coefficient (Wildman–Crippen LogP) is 4.04. The molecule has 1 aromatic heterocycles. The molecule has 0 unspecified atom stereocenters. The van der Waals surface area contributed by atoms with Crippen LogP contribution in [-0.2, 0) is 13.5 Å². The summed E-state index contributed by atoms with van der Waals surface area (Å²) in [5.41, 5.74) is 1.73. The minimum Gasteiger partial charge on any atom is -0.271 e. The molecule has 0 aromatic carbocycles. The molecule has 1 heterocycles. The van der Waals surface area contributed by atoms with Crippen molar-refractivity contribution in [2.75, 3.05) is 11.8 Å². The largest absolute Gasteiger partial charge is 0.271 e. The van der Waals surface area contributed by atoms with E-state index in [-0.39, 0.29) is 5.41 Å². The first kappa shape index (κ1) is 15.1. The van der Waals surface area contributed by atoms with Crippen LogP contribution in [-0.4, -0.2) is 21.5 Å². The van der Waals surface area contributed by atoms with Crippen molar-refractivity contribution in [3.05, 3.63) is 16.4 Å². The van der Waals surface area contributed by atoms with E-state index in [1.165, 1.54) is 0 Å². The highest BCUT2D eigenvalue weighted by Gasteiger charge is 2.34. The van der Waals surface area contributed by atoms with E-state index in [9.17, 15) is 0 Å². The highest BCUT2D eigenvalue weighted by molar-refractivity contribution is 6.31. The summed E-state index contributed by atoms with van der Waals surface area (Å²) >= 11 is 18.5. The maximum atomic E-state index is 6.27. The first-order valence-electron chi connectivity index (χ1n) is 5.68. The molecule has 0 saturated carbocycles. The van der Waals surface area contributed by atoms with E-state index < -0.39 is 0 Å². The summed E-state index contributed by atoms with van der Waals surface area (Å²) in [5, 5.41) is 5.05. The second-order valence-corrected chi connectivity index (χ2v) is 5.84. The molecular weight excluding hydrogens is 279 g/mol. The number of hydrogen-bond acceptors (Lipinski definition) is 1. The van der Waals surface area contributed by atoms with Gasteiger partial charge < -0.3 is 0 Å². The Kier molecular flexibility index (Phi) is 5.18. The number of halogens is 3. The zero-order valence-corrected chi connectivity index (χ0v) is 13.0. The highest BCUT2D eigenvalue weighted by atomic mass is 35.5. The van der Waals surface area contributed by atoms with Crippen LogP contribution in [0.5, 0.6) is 0 Å². The van der Waals surface area contributed by atoms with Crippen LogP contribution in [0, 0.1) is 18.3 Å². The van der Waals surface area contributed by atoms with Gasteiger partial charge in [0.2, 0.25) is 0 Å². The van der Waals surface area contributed by atoms with Crippen LogP contribution < -0.4 is 0 Å². The van der Waals surface area contributed by atoms with Crippen molar-refractivity contribution in [2.24, 2.45) is 18.4 Å². The third-order valence-electron chi connectivity index (χ3n) is 3.54. The Bertz CT molecular complexity index is 381. The molecule has 0 amide bonds. The summed E-state index contributed by atoms with van der Waals surface area (Å²) in [6.07, 6.45) is 0.758. The lowest BCUT2D eigenvalue weighted by atomic mass is 9.77. The molecule has 0 saturated heterocycles. The molecule has 0 radical (unpaired) electrons. The van der Waals surface area contributed by atoms with Gasteiger partial charge in [-0.2, -0.15) is 5.10 Å². The average molecular weight is 298 g/mol. The summed E-state index contributed by atoms with van der Waals surface area (Å²) < 4.78 is 1.83. The molecule has 0 bridgehead atoms. The summed E-state index contributed by atoms with van der Waals surface area (Å²) in [6.45, 7) is 6.19. The Hall–Kier alpha value is 0.0800. The lowest BCUT2D eigenvalue weighted by molar-refractivity contribution is 0.253. The van der Waals surface area contributed by atoms with Crippen molar-refractivity contribution >= 4 is 34.8 Å². The Morgan fingerprint density at radius 2 is 1.82 bits per heavy atom. The van der Waals surface area contributed by atoms with E-state index in [1.54, 1.807) is 0 Å². The molecule has 0 fully saturated rings. The van der Waals surface area contributed by atoms with Crippen molar-refractivity contribution in [3.8, 4) is 0 Å². The molecule has 0 aliphatic heterocycles. The third kappa shape index (κ3) is 2.91. The zero-order valence-electron chi connectivity index (χ0n) is 10.7. The fourth-order valence-electron chi connectivity index (χ4n) is 1.85. The summed E-state index contributed by atoms with van der Waals surface area (Å²) in [6, 6.07) is 0. The first-order chi connectivity index (χ1) is 7.88. The number of aromatic nitrogens is 2. The van der Waals surface area contributed by atoms with Crippen LogP contribution in [0.1, 0.15) is 25.2 Å². The van der Waals surface area contributed by atoms with Gasteiger partial charge in [0.1, 0.15) is 0 Å². The lowest BCUT2D eigenvalue weighted by Gasteiger charge is -2.34. The van der Waals surface area contributed by atoms with E-state index in [1.807, 2.05) is 18.7 Å². The number of rotatable bonds is 5. The summed E-state index contributed by atoms with van der Waals surface area (Å²) in [7, 11) is 1.90. The number of alkyl halides is 2. The van der Waals surface area contributed by atoms with Gasteiger partial charge in [-0.3, -0.25) is 4.68 Å². The first-order valence-corrected chi connectivity index (χ1v) is 7.12. The SMILES string of the molecule is Cc1nn(C)c(CC(CCl)(CCl)C(C)C)c1Cl. The fraction of sp³-hybridized carbons (Fsp3) is 0.750. The van der Waals surface area contributed by atoms with Crippen LogP contribution in [0.2, 0.25) is 5.02 Å². The van der Waals surface area contributed by atoms with Gasteiger partial charge in [0.15, 0.2) is 0 Å². The van der Waals surface area contributed by atoms with Crippen LogP contribution >= 0.6 is 34.8 Å². The van der Waals surface area contributed by atoms with Gasteiger partial charge in [-0.1, -0.05) is 25.4 Å². The molecule has 98 valence electrons. The van der Waals surface area contributed by atoms with Crippen LogP contribution in [0.3, 0.4) is 0 Å². The number of nitrogens with zero attached hydrogens (tertiary/aromatic N) is 2. The normalized spacial score (nSPS) is 12.5. The molecule has 0 aliphatic rings. The number of hydrogen-bond donors (Lipinski definition) is 0. The topological polar surface area (TPSA) is 17.8 Å². The van der Waals surface area contributed by atoms with E-state index >= 15 is 0 Å². The minimum absolute atomic E-state index is 0.132. The summed E-state index contributed by atoms with van der Waals surface area (Å²) in [5.74, 6) is 1.44. The second kappa shape index (κ2) is 5.81. The molecule has 5 heteroatoms. The Labute approximate surface area is 118 Å². The quantitative estimate of drug-likeness (QED) is 0.750. The molecule has 1 aromatic rings. The van der Waals surface area contributed by atoms with Crippen LogP contribution in [0.4, 0.5) is 0 Å². The Morgan fingerprint density at radius 1 is 1.29 bits per heavy atom. The number of aryl methyl sites for hydroxylation is 2. The minimum atomic E-state index is -0.132. The molecule has 1 rings (SSSR count). The van der Waals surface area contributed by atoms with Gasteiger partial charge in [-0.25, -0.2) is 0 Å². The predicted molar refractivity (Wildman–Crippen MR) is 75.4 cm³/mol. The molecular formula is C12H19Cl3N2. The maximum absolute atomic E-state index is 6.27. The molecule has 0 spiro atoms. The molecule has 17 heavy (non-hydrogen) atoms. The third-order valence-corrected chi connectivity index (χ3v) is 5.09. The zero-order chi connectivity index (χ0) is 13.2. The van der Waals surface area contributed by atoms with Crippen molar-refractivity contribution in [1.82, 2.24) is 9.78 Å². The van der Waals surface area contributed by atoms with Gasteiger partial charge in [-0.15, -0.1) is 23.2 Å². The van der Waals surface area contributed by atoms with Gasteiger partial charge in [0.05, 0.1) is 16.4 Å². The molecule has 2 nitrogen and oxygen atoms in total. The average Bonchev–Trinajstić information content (AvgIpc) is 2.51. The van der Waals surface area contributed by atoms with Gasteiger partial charge >= 0.3 is 0 Å². The maximum Gasteiger partial charge on any atom is 0.0847 e. The highest BCUT2D eigenvalue weighted by Crippen LogP contribution is 2.36. The van der Waals surface area contributed by atoms with Crippen molar-refractivity contribution in [2.45, 2.75) is 27.2 Å². The summed E-state index contributed by atoms with van der Waals surface area (Å²) in [4.78, 5) is 0. The van der Waals surface area contributed by atoms with Crippen molar-refractivity contribution in [3.63, 3.8) is 0 Å². The molecule has 0 atom stereocenters. The molecule has 0 N–H and O–H groups in total. The molecule has 0 aliphatic carbocycles. The smallest absolute Gasteiger partial charge is 0.0847 e. The van der Waals surface area contributed by atoms with E-state index in [0.717, 1.165) is 22.8 Å². The van der Waals surface area contributed by atoms with Gasteiger partial charge in [0, 0.05) is 24.2 Å². The van der Waals surface area contributed by atoms with Crippen LogP contribution in [0.15, 0.2) is 0 Å². The Balaban J connectivity index is 3.10. The van der Waals surface area contributed by atoms with Gasteiger partial charge in [0.25, 0.3) is 0 Å². The monoisotopic (exact) mass is 296 g/mol.